The van der Waals surface area contributed by atoms with Crippen LogP contribution in [0.3, 0.4) is 0 Å². The molecule has 0 aliphatic rings. The average Bonchev–Trinajstić information content (AvgIpc) is 2.69. The van der Waals surface area contributed by atoms with Crippen molar-refractivity contribution in [2.24, 2.45) is 0 Å². The summed E-state index contributed by atoms with van der Waals surface area (Å²) in [5.41, 5.74) is 0.945. The summed E-state index contributed by atoms with van der Waals surface area (Å²) in [5.74, 6) is 0.0415. The molecule has 0 aromatic carbocycles. The van der Waals surface area contributed by atoms with E-state index in [1.807, 2.05) is 20.0 Å². The molecule has 19 heavy (non-hydrogen) atoms. The first-order valence-electron chi connectivity index (χ1n) is 6.69. The van der Waals surface area contributed by atoms with Crippen molar-refractivity contribution in [2.45, 2.75) is 65.7 Å². The van der Waals surface area contributed by atoms with E-state index in [0.29, 0.717) is 19.5 Å². The van der Waals surface area contributed by atoms with Crippen molar-refractivity contribution in [3.63, 3.8) is 0 Å². The normalized spacial score (nSPS) is 11.9. The van der Waals surface area contributed by atoms with Crippen molar-refractivity contribution < 1.29 is 4.79 Å². The first-order chi connectivity index (χ1) is 8.76. The number of carbonyl (C=O) groups is 1. The molecule has 108 valence electrons. The Kier molecular flexibility index (Phi) is 5.47. The fourth-order valence-corrected chi connectivity index (χ4v) is 1.49. The summed E-state index contributed by atoms with van der Waals surface area (Å²) in [5, 5.41) is 14.3. The van der Waals surface area contributed by atoms with Crippen molar-refractivity contribution >= 4 is 5.91 Å². The van der Waals surface area contributed by atoms with Crippen LogP contribution in [0.25, 0.3) is 0 Å². The Labute approximate surface area is 115 Å². The second-order valence-electron chi connectivity index (χ2n) is 6.05. The van der Waals surface area contributed by atoms with Crippen LogP contribution >= 0.6 is 0 Å². The molecule has 1 aromatic heterocycles. The lowest BCUT2D eigenvalue weighted by atomic mass is 10.1. The van der Waals surface area contributed by atoms with Gasteiger partial charge in [-0.1, -0.05) is 5.21 Å². The smallest absolute Gasteiger partial charge is 0.222 e. The molecule has 0 spiro atoms. The third-order valence-electron chi connectivity index (χ3n) is 2.40. The molecule has 0 fully saturated rings. The molecule has 1 amide bonds. The van der Waals surface area contributed by atoms with Crippen molar-refractivity contribution in [3.8, 4) is 0 Å². The largest absolute Gasteiger partial charge is 0.354 e. The van der Waals surface area contributed by atoms with Crippen LogP contribution in [0, 0.1) is 0 Å². The van der Waals surface area contributed by atoms with Gasteiger partial charge in [-0.15, -0.1) is 5.10 Å². The van der Waals surface area contributed by atoms with E-state index in [0.717, 1.165) is 5.69 Å². The zero-order valence-corrected chi connectivity index (χ0v) is 12.5. The molecule has 0 radical (unpaired) electrons. The summed E-state index contributed by atoms with van der Waals surface area (Å²) >= 11 is 0. The highest BCUT2D eigenvalue weighted by Crippen LogP contribution is 2.02. The number of nitrogens with one attached hydrogen (secondary N) is 2. The second-order valence-corrected chi connectivity index (χ2v) is 6.05. The van der Waals surface area contributed by atoms with Gasteiger partial charge in [-0.25, -0.2) is 0 Å². The van der Waals surface area contributed by atoms with Crippen LogP contribution in [0.1, 0.15) is 46.7 Å². The van der Waals surface area contributed by atoms with Gasteiger partial charge in [0, 0.05) is 30.7 Å². The van der Waals surface area contributed by atoms with E-state index < -0.39 is 0 Å². The predicted molar refractivity (Wildman–Crippen MR) is 74.5 cm³/mol. The van der Waals surface area contributed by atoms with Gasteiger partial charge in [-0.3, -0.25) is 9.48 Å². The topological polar surface area (TPSA) is 71.8 Å². The molecule has 0 atom stereocenters. The Balaban J connectivity index is 2.36. The van der Waals surface area contributed by atoms with Gasteiger partial charge >= 0.3 is 0 Å². The van der Waals surface area contributed by atoms with E-state index in [9.17, 15) is 4.79 Å². The number of rotatable bonds is 6. The van der Waals surface area contributed by atoms with Crippen molar-refractivity contribution in [1.82, 2.24) is 25.6 Å². The molecule has 0 aliphatic heterocycles. The molecule has 0 unspecified atom stereocenters. The number of aryl methyl sites for hydroxylation is 1. The summed E-state index contributed by atoms with van der Waals surface area (Å²) in [6.07, 6.45) is 2.30. The third kappa shape index (κ3) is 6.91. The summed E-state index contributed by atoms with van der Waals surface area (Å²) < 4.78 is 1.71. The molecular formula is C13H25N5O. The fraction of sp³-hybridized carbons (Fsp3) is 0.769. The van der Waals surface area contributed by atoms with Crippen molar-refractivity contribution in [2.75, 3.05) is 0 Å². The first kappa shape index (κ1) is 15.6. The minimum atomic E-state index is 0.0415. The van der Waals surface area contributed by atoms with Gasteiger partial charge in [0.05, 0.1) is 12.2 Å². The molecule has 1 rings (SSSR count). The van der Waals surface area contributed by atoms with Crippen LogP contribution < -0.4 is 10.6 Å². The lowest BCUT2D eigenvalue weighted by Gasteiger charge is -2.19. The molecule has 1 aromatic rings. The van der Waals surface area contributed by atoms with Crippen molar-refractivity contribution in [1.29, 1.82) is 0 Å². The Hall–Kier alpha value is -1.43. The highest BCUT2D eigenvalue weighted by Gasteiger charge is 2.10. The Morgan fingerprint density at radius 2 is 2.11 bits per heavy atom. The van der Waals surface area contributed by atoms with Gasteiger partial charge in [0.1, 0.15) is 0 Å². The maximum atomic E-state index is 11.5. The maximum absolute atomic E-state index is 11.5. The van der Waals surface area contributed by atoms with E-state index in [2.05, 4.69) is 41.7 Å². The molecule has 2 N–H and O–H groups in total. The van der Waals surface area contributed by atoms with E-state index in [-0.39, 0.29) is 17.5 Å². The lowest BCUT2D eigenvalue weighted by Crippen LogP contribution is -2.35. The number of hydrogen-bond donors (Lipinski definition) is 2. The number of aromatic nitrogens is 3. The van der Waals surface area contributed by atoms with Crippen LogP contribution in [0.4, 0.5) is 0 Å². The number of carbonyl (C=O) groups excluding carboxylic acids is 1. The highest BCUT2D eigenvalue weighted by atomic mass is 16.1. The summed E-state index contributed by atoms with van der Waals surface area (Å²) in [4.78, 5) is 11.5. The summed E-state index contributed by atoms with van der Waals surface area (Å²) in [7, 11) is 0. The second kappa shape index (κ2) is 6.65. The first-order valence-corrected chi connectivity index (χ1v) is 6.69. The highest BCUT2D eigenvalue weighted by molar-refractivity contribution is 5.75. The molecule has 0 aliphatic carbocycles. The van der Waals surface area contributed by atoms with Gasteiger partial charge in [0.25, 0.3) is 0 Å². The molecule has 1 heterocycles. The van der Waals surface area contributed by atoms with Crippen LogP contribution in [0.5, 0.6) is 0 Å². The van der Waals surface area contributed by atoms with Crippen LogP contribution in [-0.2, 0) is 17.9 Å². The molecule has 6 heteroatoms. The Morgan fingerprint density at radius 3 is 2.68 bits per heavy atom. The van der Waals surface area contributed by atoms with E-state index in [4.69, 9.17) is 0 Å². The third-order valence-corrected chi connectivity index (χ3v) is 2.40. The minimum absolute atomic E-state index is 0.0415. The number of amides is 1. The zero-order valence-electron chi connectivity index (χ0n) is 12.5. The number of nitrogens with zero attached hydrogens (tertiary/aromatic N) is 3. The quantitative estimate of drug-likeness (QED) is 0.809. The lowest BCUT2D eigenvalue weighted by molar-refractivity contribution is -0.121. The van der Waals surface area contributed by atoms with E-state index in [1.165, 1.54) is 0 Å². The summed E-state index contributed by atoms with van der Waals surface area (Å²) in [6.45, 7) is 11.4. The van der Waals surface area contributed by atoms with Gasteiger partial charge < -0.3 is 10.6 Å². The standard InChI is InChI=1S/C13H25N5O/c1-10(2)15-12(19)6-7-18-9-11(16-17-18)8-14-13(3,4)5/h9-10,14H,6-8H2,1-5H3,(H,15,19). The molecule has 6 nitrogen and oxygen atoms in total. The van der Waals surface area contributed by atoms with Crippen molar-refractivity contribution in [3.05, 3.63) is 11.9 Å². The predicted octanol–water partition coefficient (Wildman–Crippen LogP) is 1.08. The van der Waals surface area contributed by atoms with Gasteiger partial charge in [-0.2, -0.15) is 0 Å². The van der Waals surface area contributed by atoms with Crippen LogP contribution in [0.2, 0.25) is 0 Å². The Bertz CT molecular complexity index is 405. The van der Waals surface area contributed by atoms with Crippen LogP contribution in [-0.4, -0.2) is 32.5 Å². The Morgan fingerprint density at radius 1 is 1.42 bits per heavy atom. The zero-order chi connectivity index (χ0) is 14.5. The van der Waals surface area contributed by atoms with Gasteiger partial charge in [0.15, 0.2) is 0 Å². The van der Waals surface area contributed by atoms with E-state index in [1.54, 1.807) is 4.68 Å². The SMILES string of the molecule is CC(C)NC(=O)CCn1cc(CNC(C)(C)C)nn1. The van der Waals surface area contributed by atoms with Gasteiger partial charge in [-0.05, 0) is 34.6 Å². The molecule has 0 saturated heterocycles. The average molecular weight is 267 g/mol. The molecule has 0 bridgehead atoms. The fourth-order valence-electron chi connectivity index (χ4n) is 1.49. The van der Waals surface area contributed by atoms with Crippen LogP contribution in [0.15, 0.2) is 6.20 Å². The van der Waals surface area contributed by atoms with Gasteiger partial charge in [0.2, 0.25) is 5.91 Å². The minimum Gasteiger partial charge on any atom is -0.354 e. The molecule has 0 saturated carbocycles. The van der Waals surface area contributed by atoms with E-state index >= 15 is 0 Å². The number of hydrogen-bond acceptors (Lipinski definition) is 4. The maximum Gasteiger partial charge on any atom is 0.222 e. The monoisotopic (exact) mass is 267 g/mol. The summed E-state index contributed by atoms with van der Waals surface area (Å²) in [6, 6.07) is 0.176. The molecular weight excluding hydrogens is 242 g/mol.